The van der Waals surface area contributed by atoms with Gasteiger partial charge in [0.15, 0.2) is 11.5 Å². The maximum absolute atomic E-state index is 10.7. The summed E-state index contributed by atoms with van der Waals surface area (Å²) < 4.78 is 0. The zero-order valence-corrected chi connectivity index (χ0v) is 11.4. The summed E-state index contributed by atoms with van der Waals surface area (Å²) in [6, 6.07) is 2.57. The van der Waals surface area contributed by atoms with E-state index in [1.807, 2.05) is 0 Å². The molecule has 1 atom stereocenters. The van der Waals surface area contributed by atoms with Crippen molar-refractivity contribution in [2.45, 2.75) is 19.6 Å². The van der Waals surface area contributed by atoms with Gasteiger partial charge in [0.25, 0.3) is 0 Å². The van der Waals surface area contributed by atoms with Gasteiger partial charge in [0.1, 0.15) is 0 Å². The van der Waals surface area contributed by atoms with E-state index >= 15 is 0 Å². The third-order valence-corrected chi connectivity index (χ3v) is 2.79. The Morgan fingerprint density at radius 3 is 2.10 bits per heavy atom. The molecule has 8 heteroatoms. The highest BCUT2D eigenvalue weighted by atomic mass is 16.4. The molecule has 0 saturated heterocycles. The normalized spacial score (nSPS) is 12.3. The van der Waals surface area contributed by atoms with E-state index in [4.69, 9.17) is 10.2 Å². The summed E-state index contributed by atoms with van der Waals surface area (Å²) in [6.45, 7) is 0.192. The quantitative estimate of drug-likeness (QED) is 0.447. The van der Waals surface area contributed by atoms with Gasteiger partial charge in [0.05, 0.1) is 19.2 Å². The van der Waals surface area contributed by atoms with Crippen molar-refractivity contribution in [3.05, 3.63) is 23.3 Å². The average Bonchev–Trinajstić information content (AvgIpc) is 2.32. The predicted molar refractivity (Wildman–Crippen MR) is 71.0 cm³/mol. The number of hydrogen-bond acceptors (Lipinski definition) is 6. The predicted octanol–water partition coefficient (Wildman–Crippen LogP) is 0.122. The molecule has 116 valence electrons. The zero-order valence-electron chi connectivity index (χ0n) is 11.4. The number of phenols is 2. The summed E-state index contributed by atoms with van der Waals surface area (Å²) in [6.07, 6.45) is -0.900. The largest absolute Gasteiger partial charge is 0.504 e. The van der Waals surface area contributed by atoms with Gasteiger partial charge in [0.2, 0.25) is 0 Å². The summed E-state index contributed by atoms with van der Waals surface area (Å²) >= 11 is 0. The van der Waals surface area contributed by atoms with Gasteiger partial charge < -0.3 is 25.5 Å². The van der Waals surface area contributed by atoms with Gasteiger partial charge in [-0.05, 0) is 24.6 Å². The molecule has 0 aromatic heterocycles. The first-order chi connectivity index (χ1) is 9.70. The maximum atomic E-state index is 10.7. The molecule has 0 aliphatic rings. The molecule has 0 spiro atoms. The molecule has 0 heterocycles. The van der Waals surface area contributed by atoms with E-state index in [0.717, 1.165) is 4.90 Å². The van der Waals surface area contributed by atoms with Crippen molar-refractivity contribution in [3.63, 3.8) is 0 Å². The van der Waals surface area contributed by atoms with Crippen molar-refractivity contribution in [2.75, 3.05) is 13.1 Å². The molecule has 0 saturated carbocycles. The number of phenolic OH excluding ortho intramolecular Hbond substituents is 2. The van der Waals surface area contributed by atoms with Crippen LogP contribution in [0.4, 0.5) is 0 Å². The smallest absolute Gasteiger partial charge is 0.317 e. The number of aliphatic hydroxyl groups is 1. The molecule has 5 N–H and O–H groups in total. The number of carboxylic acid groups (broad SMARTS) is 2. The van der Waals surface area contributed by atoms with E-state index in [2.05, 4.69) is 0 Å². The molecule has 1 aromatic carbocycles. The second-order valence-electron chi connectivity index (χ2n) is 4.66. The van der Waals surface area contributed by atoms with Gasteiger partial charge in [0, 0.05) is 12.1 Å². The highest BCUT2D eigenvalue weighted by molar-refractivity contribution is 5.72. The van der Waals surface area contributed by atoms with Crippen LogP contribution in [0, 0.1) is 0 Å². The van der Waals surface area contributed by atoms with Crippen molar-refractivity contribution in [1.29, 1.82) is 0 Å². The zero-order chi connectivity index (χ0) is 16.2. The van der Waals surface area contributed by atoms with Gasteiger partial charge in [-0.25, -0.2) is 0 Å². The molecule has 1 aromatic rings. The van der Waals surface area contributed by atoms with Crippen molar-refractivity contribution in [3.8, 4) is 11.5 Å². The molecule has 21 heavy (non-hydrogen) atoms. The Morgan fingerprint density at radius 1 is 1.14 bits per heavy atom. The first kappa shape index (κ1) is 16.7. The Balaban J connectivity index is 3.06. The van der Waals surface area contributed by atoms with Crippen LogP contribution in [0.5, 0.6) is 11.5 Å². The lowest BCUT2D eigenvalue weighted by Crippen LogP contribution is -2.34. The van der Waals surface area contributed by atoms with Crippen molar-refractivity contribution >= 4 is 11.9 Å². The molecule has 0 amide bonds. The third-order valence-electron chi connectivity index (χ3n) is 2.79. The Kier molecular flexibility index (Phi) is 5.51. The van der Waals surface area contributed by atoms with E-state index in [-0.39, 0.29) is 12.1 Å². The van der Waals surface area contributed by atoms with Gasteiger partial charge in [-0.3, -0.25) is 14.5 Å². The molecule has 0 aliphatic heterocycles. The van der Waals surface area contributed by atoms with Crippen LogP contribution >= 0.6 is 0 Å². The molecule has 0 fully saturated rings. The van der Waals surface area contributed by atoms with E-state index in [9.17, 15) is 24.9 Å². The number of aliphatic hydroxyl groups excluding tert-OH is 1. The van der Waals surface area contributed by atoms with Crippen LogP contribution in [0.3, 0.4) is 0 Å². The van der Waals surface area contributed by atoms with Crippen LogP contribution in [0.1, 0.15) is 24.2 Å². The summed E-state index contributed by atoms with van der Waals surface area (Å²) in [7, 11) is 0. The number of benzene rings is 1. The van der Waals surface area contributed by atoms with Crippen LogP contribution in [0.2, 0.25) is 0 Å². The minimum atomic E-state index is -1.22. The van der Waals surface area contributed by atoms with Gasteiger partial charge in [-0.15, -0.1) is 0 Å². The summed E-state index contributed by atoms with van der Waals surface area (Å²) in [5, 5.41) is 46.4. The summed E-state index contributed by atoms with van der Waals surface area (Å²) in [4.78, 5) is 22.5. The number of aliphatic carboxylic acids is 2. The van der Waals surface area contributed by atoms with E-state index < -0.39 is 42.6 Å². The lowest BCUT2D eigenvalue weighted by molar-refractivity contribution is -0.142. The average molecular weight is 299 g/mol. The molecule has 1 unspecified atom stereocenters. The number of carbonyl (C=O) groups is 2. The fourth-order valence-corrected chi connectivity index (χ4v) is 1.85. The number of rotatable bonds is 7. The van der Waals surface area contributed by atoms with Crippen LogP contribution in [0.15, 0.2) is 12.1 Å². The minimum absolute atomic E-state index is 0.133. The second kappa shape index (κ2) is 6.91. The fourth-order valence-electron chi connectivity index (χ4n) is 1.85. The van der Waals surface area contributed by atoms with Crippen LogP contribution < -0.4 is 0 Å². The SMILES string of the molecule is CC(O)c1cc(O)c(O)c(CN(CC(=O)O)CC(=O)O)c1. The first-order valence-electron chi connectivity index (χ1n) is 6.09. The van der Waals surface area contributed by atoms with Crippen molar-refractivity contribution in [2.24, 2.45) is 0 Å². The Hall–Kier alpha value is -2.32. The Labute approximate surface area is 120 Å². The van der Waals surface area contributed by atoms with Gasteiger partial charge >= 0.3 is 11.9 Å². The number of carboxylic acids is 2. The third kappa shape index (κ3) is 4.93. The number of aromatic hydroxyl groups is 2. The minimum Gasteiger partial charge on any atom is -0.504 e. The van der Waals surface area contributed by atoms with Crippen LogP contribution in [-0.2, 0) is 16.1 Å². The highest BCUT2D eigenvalue weighted by Gasteiger charge is 2.18. The molecule has 0 radical (unpaired) electrons. The van der Waals surface area contributed by atoms with Crippen molar-refractivity contribution < 1.29 is 35.1 Å². The maximum Gasteiger partial charge on any atom is 0.317 e. The molecular formula is C13H17NO7. The monoisotopic (exact) mass is 299 g/mol. The molecule has 0 bridgehead atoms. The number of nitrogens with zero attached hydrogens (tertiary/aromatic N) is 1. The second-order valence-corrected chi connectivity index (χ2v) is 4.66. The van der Waals surface area contributed by atoms with E-state index in [0.29, 0.717) is 5.56 Å². The van der Waals surface area contributed by atoms with Crippen molar-refractivity contribution in [1.82, 2.24) is 4.90 Å². The lowest BCUT2D eigenvalue weighted by atomic mass is 10.0. The molecule has 0 aliphatic carbocycles. The summed E-state index contributed by atoms with van der Waals surface area (Å²) in [5.74, 6) is -3.37. The Bertz CT molecular complexity index is 526. The molecule has 8 nitrogen and oxygen atoms in total. The van der Waals surface area contributed by atoms with E-state index in [1.165, 1.54) is 19.1 Å². The van der Waals surface area contributed by atoms with Crippen LogP contribution in [0.25, 0.3) is 0 Å². The summed E-state index contributed by atoms with van der Waals surface area (Å²) in [5.41, 5.74) is 0.458. The first-order valence-corrected chi connectivity index (χ1v) is 6.09. The number of hydrogen-bond donors (Lipinski definition) is 5. The molecule has 1 rings (SSSR count). The van der Waals surface area contributed by atoms with Crippen LogP contribution in [-0.4, -0.2) is 55.5 Å². The lowest BCUT2D eigenvalue weighted by Gasteiger charge is -2.20. The van der Waals surface area contributed by atoms with E-state index in [1.54, 1.807) is 0 Å². The van der Waals surface area contributed by atoms with Gasteiger partial charge in [-0.1, -0.05) is 0 Å². The Morgan fingerprint density at radius 2 is 1.67 bits per heavy atom. The standard InChI is InChI=1S/C13H17NO7/c1-7(15)8-2-9(13(21)10(16)3-8)4-14(5-11(17)18)6-12(19)20/h2-3,7,15-16,21H,4-6H2,1H3,(H,17,18)(H,19,20). The van der Waals surface area contributed by atoms with Gasteiger partial charge in [-0.2, -0.15) is 0 Å². The molecular weight excluding hydrogens is 282 g/mol. The highest BCUT2D eigenvalue weighted by Crippen LogP contribution is 2.33. The fraction of sp³-hybridized carbons (Fsp3) is 0.385. The topological polar surface area (TPSA) is 139 Å².